The van der Waals surface area contributed by atoms with E-state index in [9.17, 15) is 4.21 Å². The van der Waals surface area contributed by atoms with Gasteiger partial charge in [-0.2, -0.15) is 0 Å². The van der Waals surface area contributed by atoms with E-state index in [1.54, 1.807) is 0 Å². The van der Waals surface area contributed by atoms with Gasteiger partial charge in [-0.1, -0.05) is 44.4 Å². The van der Waals surface area contributed by atoms with Gasteiger partial charge in [0, 0.05) is 15.8 Å². The summed E-state index contributed by atoms with van der Waals surface area (Å²) in [5.74, 6) is 0. The molecule has 0 fully saturated rings. The van der Waals surface area contributed by atoms with Crippen LogP contribution in [0, 0.1) is 0 Å². The number of hydrogen-bond donors (Lipinski definition) is 0. The maximum atomic E-state index is 10.8. The molecule has 0 aliphatic rings. The van der Waals surface area contributed by atoms with E-state index in [4.69, 9.17) is 0 Å². The average molecular weight is 209 g/mol. The van der Waals surface area contributed by atoms with Gasteiger partial charge in [-0.3, -0.25) is 0 Å². The molecule has 1 aromatic carbocycles. The van der Waals surface area contributed by atoms with E-state index in [-0.39, 0.29) is 0 Å². The molecule has 1 nitrogen and oxygen atoms in total. The van der Waals surface area contributed by atoms with Crippen molar-refractivity contribution >= 4 is 11.7 Å². The van der Waals surface area contributed by atoms with Crippen molar-refractivity contribution in [3.63, 3.8) is 0 Å². The highest BCUT2D eigenvalue weighted by Gasteiger charge is 2.11. The smallest absolute Gasteiger partial charge is 0.0654 e. The van der Waals surface area contributed by atoms with E-state index in [1.165, 1.54) is 31.2 Å². The van der Waals surface area contributed by atoms with Crippen LogP contribution in [-0.4, -0.2) is 0 Å². The summed E-state index contributed by atoms with van der Waals surface area (Å²) < 4.78 is 10.8. The Kier molecular flexibility index (Phi) is 5.38. The highest BCUT2D eigenvalue weighted by Crippen LogP contribution is 2.13. The van der Waals surface area contributed by atoms with Gasteiger partial charge in [-0.05, 0) is 12.8 Å². The summed E-state index contributed by atoms with van der Waals surface area (Å²) in [7, 11) is 0. The minimum atomic E-state index is 0.609. The molecular formula is C12H17OS+. The third-order valence-corrected chi connectivity index (χ3v) is 2.94. The monoisotopic (exact) mass is 209 g/mol. The number of rotatable bonds is 6. The number of benzene rings is 1. The fraction of sp³-hybridized carbons (Fsp3) is 0.500. The van der Waals surface area contributed by atoms with Crippen molar-refractivity contribution in [2.24, 2.45) is 0 Å². The number of hydrogen-bond acceptors (Lipinski definition) is 1. The van der Waals surface area contributed by atoms with Crippen LogP contribution in [0.5, 0.6) is 0 Å². The topological polar surface area (TPSA) is 17.1 Å². The second-order valence-corrected chi connectivity index (χ2v) is 4.11. The number of unbranched alkanes of at least 4 members (excludes halogenated alkanes) is 3. The molecular weight excluding hydrogens is 192 g/mol. The molecule has 0 bridgehead atoms. The lowest BCUT2D eigenvalue weighted by Crippen LogP contribution is -1.89. The van der Waals surface area contributed by atoms with Crippen LogP contribution in [0.15, 0.2) is 29.2 Å². The molecule has 0 aliphatic heterocycles. The van der Waals surface area contributed by atoms with Gasteiger partial charge in [0.25, 0.3) is 4.90 Å². The summed E-state index contributed by atoms with van der Waals surface area (Å²) in [4.78, 5) is 0.893. The lowest BCUT2D eigenvalue weighted by molar-refractivity contribution is 0.603. The van der Waals surface area contributed by atoms with E-state index in [0.29, 0.717) is 11.7 Å². The first-order chi connectivity index (χ1) is 6.88. The van der Waals surface area contributed by atoms with Crippen LogP contribution in [0.3, 0.4) is 0 Å². The van der Waals surface area contributed by atoms with Crippen molar-refractivity contribution in [1.82, 2.24) is 0 Å². The maximum Gasteiger partial charge on any atom is 0.505 e. The summed E-state index contributed by atoms with van der Waals surface area (Å²) in [5, 5.41) is 0. The lowest BCUT2D eigenvalue weighted by Gasteiger charge is -1.98. The zero-order chi connectivity index (χ0) is 10.2. The van der Waals surface area contributed by atoms with Gasteiger partial charge in [-0.15, -0.1) is 0 Å². The van der Waals surface area contributed by atoms with Crippen LogP contribution in [0.25, 0.3) is 0 Å². The first kappa shape index (κ1) is 11.3. The normalized spacial score (nSPS) is 10.1. The molecule has 0 aliphatic carbocycles. The molecule has 0 spiro atoms. The van der Waals surface area contributed by atoms with Crippen LogP contribution in [0.2, 0.25) is 0 Å². The Hall–Kier alpha value is -0.760. The summed E-state index contributed by atoms with van der Waals surface area (Å²) in [6, 6.07) is 7.91. The molecule has 1 aromatic rings. The van der Waals surface area contributed by atoms with E-state index in [0.717, 1.165) is 11.3 Å². The Labute approximate surface area is 90.0 Å². The molecule has 0 radical (unpaired) electrons. The molecule has 0 unspecified atom stereocenters. The average Bonchev–Trinajstić information content (AvgIpc) is 2.25. The second kappa shape index (κ2) is 6.66. The molecule has 0 amide bonds. The zero-order valence-corrected chi connectivity index (χ0v) is 9.48. The van der Waals surface area contributed by atoms with E-state index >= 15 is 0 Å². The van der Waals surface area contributed by atoms with Gasteiger partial charge in [0.15, 0.2) is 0 Å². The quantitative estimate of drug-likeness (QED) is 0.517. The van der Waals surface area contributed by atoms with Crippen LogP contribution >= 0.6 is 0 Å². The van der Waals surface area contributed by atoms with E-state index in [1.807, 2.05) is 18.2 Å². The Balaban J connectivity index is 2.45. The fourth-order valence-corrected chi connectivity index (χ4v) is 1.95. The molecule has 0 heterocycles. The molecule has 14 heavy (non-hydrogen) atoms. The van der Waals surface area contributed by atoms with Gasteiger partial charge in [0.2, 0.25) is 0 Å². The molecule has 2 heteroatoms. The summed E-state index contributed by atoms with van der Waals surface area (Å²) in [6.07, 6.45) is 6.08. The molecule has 0 aromatic heterocycles. The maximum absolute atomic E-state index is 10.8. The second-order valence-electron chi connectivity index (χ2n) is 3.50. The van der Waals surface area contributed by atoms with Crippen molar-refractivity contribution < 1.29 is 4.21 Å². The Bertz CT molecular complexity index is 283. The van der Waals surface area contributed by atoms with Gasteiger partial charge in [-0.25, -0.2) is 0 Å². The third-order valence-electron chi connectivity index (χ3n) is 2.36. The van der Waals surface area contributed by atoms with Crippen LogP contribution in [-0.2, 0) is 22.3 Å². The van der Waals surface area contributed by atoms with Crippen LogP contribution in [0.1, 0.15) is 38.2 Å². The Morgan fingerprint density at radius 2 is 1.93 bits per heavy atom. The minimum Gasteiger partial charge on any atom is -0.0654 e. The minimum absolute atomic E-state index is 0.609. The first-order valence-electron chi connectivity index (χ1n) is 5.26. The highest BCUT2D eigenvalue weighted by molar-refractivity contribution is 7.65. The van der Waals surface area contributed by atoms with Crippen LogP contribution in [0.4, 0.5) is 0 Å². The molecule has 76 valence electrons. The molecule has 0 saturated heterocycles. The van der Waals surface area contributed by atoms with Crippen LogP contribution < -0.4 is 0 Å². The van der Waals surface area contributed by atoms with Crippen molar-refractivity contribution in [1.29, 1.82) is 0 Å². The molecule has 0 saturated carbocycles. The third kappa shape index (κ3) is 3.54. The predicted octanol–water partition coefficient (Wildman–Crippen LogP) is 3.60. The van der Waals surface area contributed by atoms with Crippen molar-refractivity contribution in [3.05, 3.63) is 29.8 Å². The number of aryl methyl sites for hydroxylation is 1. The SMILES string of the molecule is CCCCCCc1ccccc1[S+]=O. The lowest BCUT2D eigenvalue weighted by atomic mass is 10.1. The van der Waals surface area contributed by atoms with Crippen molar-refractivity contribution in [2.75, 3.05) is 0 Å². The summed E-state index contributed by atoms with van der Waals surface area (Å²) in [5.41, 5.74) is 1.21. The first-order valence-corrected chi connectivity index (χ1v) is 6.00. The van der Waals surface area contributed by atoms with E-state index in [2.05, 4.69) is 13.0 Å². The Morgan fingerprint density at radius 3 is 2.64 bits per heavy atom. The van der Waals surface area contributed by atoms with E-state index < -0.39 is 0 Å². The van der Waals surface area contributed by atoms with Gasteiger partial charge in [0.05, 0.1) is 0 Å². The fourth-order valence-electron chi connectivity index (χ4n) is 1.53. The Morgan fingerprint density at radius 1 is 1.14 bits per heavy atom. The largest absolute Gasteiger partial charge is 0.505 e. The van der Waals surface area contributed by atoms with Crippen molar-refractivity contribution in [2.45, 2.75) is 43.9 Å². The summed E-state index contributed by atoms with van der Waals surface area (Å²) >= 11 is 0.609. The molecule has 1 rings (SSSR count). The van der Waals surface area contributed by atoms with Gasteiger partial charge >= 0.3 is 11.7 Å². The zero-order valence-electron chi connectivity index (χ0n) is 8.66. The standard InChI is InChI=1S/C12H17OS/c1-2-3-4-5-8-11-9-6-7-10-12(11)14-13/h6-7,9-10H,2-5,8H2,1H3/q+1. The van der Waals surface area contributed by atoms with Gasteiger partial charge in [0.1, 0.15) is 0 Å². The molecule has 0 atom stereocenters. The highest BCUT2D eigenvalue weighted by atomic mass is 32.1. The summed E-state index contributed by atoms with van der Waals surface area (Å²) in [6.45, 7) is 2.21. The van der Waals surface area contributed by atoms with Gasteiger partial charge < -0.3 is 0 Å². The predicted molar refractivity (Wildman–Crippen MR) is 60.6 cm³/mol. The van der Waals surface area contributed by atoms with Crippen molar-refractivity contribution in [3.8, 4) is 0 Å². The molecule has 0 N–H and O–H groups in total.